The number of carbonyl (C=O) groups excluding carboxylic acids is 1. The number of hydrogen-bond acceptors (Lipinski definition) is 4. The summed E-state index contributed by atoms with van der Waals surface area (Å²) in [6.07, 6.45) is 1.58. The van der Waals surface area contributed by atoms with Crippen molar-refractivity contribution in [2.24, 2.45) is 0 Å². The van der Waals surface area contributed by atoms with Crippen LogP contribution in [0.15, 0.2) is 48.5 Å². The number of ether oxygens (including phenoxy) is 1. The van der Waals surface area contributed by atoms with Crippen LogP contribution in [0.5, 0.6) is 0 Å². The number of aliphatic hydroxyl groups excluding tert-OH is 1. The Labute approximate surface area is 164 Å². The molecule has 2 aromatic carbocycles. The second-order valence-corrected chi connectivity index (χ2v) is 7.54. The molecule has 3 atom stereocenters. The van der Waals surface area contributed by atoms with Gasteiger partial charge < -0.3 is 15.2 Å². The molecule has 4 rings (SSSR count). The Morgan fingerprint density at radius 3 is 2.71 bits per heavy atom. The van der Waals surface area contributed by atoms with Gasteiger partial charge in [0.1, 0.15) is 5.82 Å². The van der Waals surface area contributed by atoms with Gasteiger partial charge in [0.2, 0.25) is 0 Å². The molecule has 2 heterocycles. The fourth-order valence-corrected chi connectivity index (χ4v) is 4.13. The highest BCUT2D eigenvalue weighted by Crippen LogP contribution is 2.25. The van der Waals surface area contributed by atoms with Crippen LogP contribution in [-0.4, -0.2) is 60.4 Å². The summed E-state index contributed by atoms with van der Waals surface area (Å²) in [5.74, 6) is -0.387. The van der Waals surface area contributed by atoms with E-state index in [0.29, 0.717) is 30.2 Å². The van der Waals surface area contributed by atoms with Crippen LogP contribution in [0.1, 0.15) is 23.2 Å². The molecule has 0 aliphatic carbocycles. The van der Waals surface area contributed by atoms with Crippen molar-refractivity contribution in [2.45, 2.75) is 31.0 Å². The lowest BCUT2D eigenvalue weighted by molar-refractivity contribution is -0.0566. The number of fused-ring (bicyclic) bond motifs is 1. The zero-order valence-electron chi connectivity index (χ0n) is 15.7. The van der Waals surface area contributed by atoms with E-state index >= 15 is 0 Å². The summed E-state index contributed by atoms with van der Waals surface area (Å²) < 4.78 is 19.7. The number of amides is 1. The first-order chi connectivity index (χ1) is 13.6. The van der Waals surface area contributed by atoms with Crippen molar-refractivity contribution in [3.8, 4) is 11.1 Å². The van der Waals surface area contributed by atoms with E-state index in [1.165, 1.54) is 6.07 Å². The second kappa shape index (κ2) is 8.39. The minimum absolute atomic E-state index is 0.0710. The average Bonchev–Trinajstić information content (AvgIpc) is 3.10. The highest BCUT2D eigenvalue weighted by molar-refractivity contribution is 5.94. The van der Waals surface area contributed by atoms with Crippen molar-refractivity contribution in [3.63, 3.8) is 0 Å². The Bertz CT molecular complexity index is 827. The summed E-state index contributed by atoms with van der Waals surface area (Å²) in [5, 5.41) is 12.2. The van der Waals surface area contributed by atoms with Crippen LogP contribution in [-0.2, 0) is 4.74 Å². The smallest absolute Gasteiger partial charge is 0.251 e. The summed E-state index contributed by atoms with van der Waals surface area (Å²) >= 11 is 0. The van der Waals surface area contributed by atoms with Gasteiger partial charge >= 0.3 is 0 Å². The molecule has 6 heteroatoms. The molecule has 5 nitrogen and oxygen atoms in total. The lowest BCUT2D eigenvalue weighted by Crippen LogP contribution is -2.46. The Balaban J connectivity index is 1.36. The van der Waals surface area contributed by atoms with Gasteiger partial charge in [0, 0.05) is 42.9 Å². The third-order valence-electron chi connectivity index (χ3n) is 5.61. The molecule has 2 N–H and O–H groups in total. The largest absolute Gasteiger partial charge is 0.396 e. The Kier molecular flexibility index (Phi) is 5.71. The number of rotatable bonds is 5. The summed E-state index contributed by atoms with van der Waals surface area (Å²) in [6, 6.07) is 14.0. The molecule has 148 valence electrons. The zero-order valence-corrected chi connectivity index (χ0v) is 15.7. The third kappa shape index (κ3) is 4.09. The van der Waals surface area contributed by atoms with E-state index in [1.807, 2.05) is 0 Å². The molecule has 2 aromatic rings. The quantitative estimate of drug-likeness (QED) is 0.831. The van der Waals surface area contributed by atoms with Crippen molar-refractivity contribution >= 4 is 5.91 Å². The summed E-state index contributed by atoms with van der Waals surface area (Å²) in [5.41, 5.74) is 1.85. The van der Waals surface area contributed by atoms with E-state index < -0.39 is 0 Å². The SMILES string of the molecule is O=C(N[C@H]1C[C@H]2CO[C@@H](CCO)CN2C1)c1ccc(-c2ccccc2F)cc1. The van der Waals surface area contributed by atoms with Gasteiger partial charge in [0.25, 0.3) is 5.91 Å². The molecule has 0 spiro atoms. The Morgan fingerprint density at radius 2 is 1.96 bits per heavy atom. The molecule has 0 aromatic heterocycles. The van der Waals surface area contributed by atoms with Crippen LogP contribution < -0.4 is 5.32 Å². The molecule has 28 heavy (non-hydrogen) atoms. The normalized spacial score (nSPS) is 24.7. The summed E-state index contributed by atoms with van der Waals surface area (Å²) in [7, 11) is 0. The number of benzene rings is 2. The van der Waals surface area contributed by atoms with Gasteiger partial charge in [-0.2, -0.15) is 0 Å². The predicted molar refractivity (Wildman–Crippen MR) is 105 cm³/mol. The molecule has 0 radical (unpaired) electrons. The maximum atomic E-state index is 13.9. The maximum Gasteiger partial charge on any atom is 0.251 e. The van der Waals surface area contributed by atoms with E-state index in [9.17, 15) is 9.18 Å². The maximum absolute atomic E-state index is 13.9. The van der Waals surface area contributed by atoms with E-state index in [-0.39, 0.29) is 30.5 Å². The molecule has 2 saturated heterocycles. The minimum atomic E-state index is -0.274. The van der Waals surface area contributed by atoms with E-state index in [2.05, 4.69) is 10.2 Å². The molecule has 1 amide bonds. The third-order valence-corrected chi connectivity index (χ3v) is 5.61. The van der Waals surface area contributed by atoms with Gasteiger partial charge in [-0.15, -0.1) is 0 Å². The van der Waals surface area contributed by atoms with Gasteiger partial charge in [-0.3, -0.25) is 9.69 Å². The topological polar surface area (TPSA) is 61.8 Å². The number of aliphatic hydroxyl groups is 1. The van der Waals surface area contributed by atoms with Gasteiger partial charge in [-0.05, 0) is 36.6 Å². The molecule has 2 aliphatic heterocycles. The lowest BCUT2D eigenvalue weighted by atomic mass is 10.0. The number of hydrogen-bond donors (Lipinski definition) is 2. The Hall–Kier alpha value is -2.28. The lowest BCUT2D eigenvalue weighted by Gasteiger charge is -2.34. The van der Waals surface area contributed by atoms with Gasteiger partial charge in [-0.1, -0.05) is 30.3 Å². The number of nitrogens with one attached hydrogen (secondary N) is 1. The second-order valence-electron chi connectivity index (χ2n) is 7.54. The van der Waals surface area contributed by atoms with Crippen LogP contribution >= 0.6 is 0 Å². The fraction of sp³-hybridized carbons (Fsp3) is 0.409. The molecule has 0 saturated carbocycles. The highest BCUT2D eigenvalue weighted by atomic mass is 19.1. The zero-order chi connectivity index (χ0) is 19.5. The number of halogens is 1. The minimum Gasteiger partial charge on any atom is -0.396 e. The monoisotopic (exact) mass is 384 g/mol. The van der Waals surface area contributed by atoms with E-state index in [4.69, 9.17) is 9.84 Å². The first-order valence-corrected chi connectivity index (χ1v) is 9.76. The Morgan fingerprint density at radius 1 is 1.18 bits per heavy atom. The first kappa shape index (κ1) is 19.1. The number of morpholine rings is 1. The molecule has 0 unspecified atom stereocenters. The molecule has 2 aliphatic rings. The van der Waals surface area contributed by atoms with E-state index in [0.717, 1.165) is 25.1 Å². The van der Waals surface area contributed by atoms with Gasteiger partial charge in [-0.25, -0.2) is 4.39 Å². The van der Waals surface area contributed by atoms with Crippen molar-refractivity contribution in [3.05, 3.63) is 59.9 Å². The molecule has 2 fully saturated rings. The van der Waals surface area contributed by atoms with Crippen LogP contribution in [0.3, 0.4) is 0 Å². The van der Waals surface area contributed by atoms with Crippen LogP contribution in [0.2, 0.25) is 0 Å². The number of nitrogens with zero attached hydrogens (tertiary/aromatic N) is 1. The van der Waals surface area contributed by atoms with Gasteiger partial charge in [0.05, 0.1) is 12.7 Å². The average molecular weight is 384 g/mol. The fourth-order valence-electron chi connectivity index (χ4n) is 4.13. The van der Waals surface area contributed by atoms with E-state index in [1.54, 1.807) is 42.5 Å². The van der Waals surface area contributed by atoms with Crippen LogP contribution in [0.4, 0.5) is 4.39 Å². The van der Waals surface area contributed by atoms with Crippen molar-refractivity contribution < 1.29 is 19.0 Å². The summed E-state index contributed by atoms with van der Waals surface area (Å²) in [6.45, 7) is 2.38. The first-order valence-electron chi connectivity index (χ1n) is 9.76. The molecular weight excluding hydrogens is 359 g/mol. The summed E-state index contributed by atoms with van der Waals surface area (Å²) in [4.78, 5) is 15.0. The molecule has 0 bridgehead atoms. The number of carbonyl (C=O) groups is 1. The van der Waals surface area contributed by atoms with Gasteiger partial charge in [0.15, 0.2) is 0 Å². The van der Waals surface area contributed by atoms with Crippen molar-refractivity contribution in [2.75, 3.05) is 26.3 Å². The van der Waals surface area contributed by atoms with Crippen molar-refractivity contribution in [1.82, 2.24) is 10.2 Å². The standard InChI is InChI=1S/C22H25FN2O3/c23-21-4-2-1-3-20(21)15-5-7-16(8-6-15)22(27)24-17-11-18-14-28-19(9-10-26)13-25(18)12-17/h1-8,17-19,26H,9-14H2,(H,24,27)/t17-,18-,19-/m0/s1. The van der Waals surface area contributed by atoms with Crippen molar-refractivity contribution in [1.29, 1.82) is 0 Å². The predicted octanol–water partition coefficient (Wildman–Crippen LogP) is 2.45. The molecular formula is C22H25FN2O3. The highest BCUT2D eigenvalue weighted by Gasteiger charge is 2.37. The van der Waals surface area contributed by atoms with Crippen LogP contribution in [0.25, 0.3) is 11.1 Å². The van der Waals surface area contributed by atoms with Crippen LogP contribution in [0, 0.1) is 5.82 Å².